The Kier molecular flexibility index (Phi) is 9.49. The van der Waals surface area contributed by atoms with Crippen molar-refractivity contribution in [3.63, 3.8) is 0 Å². The average molecular weight is 432 g/mol. The zero-order valence-corrected chi connectivity index (χ0v) is 18.5. The predicted octanol–water partition coefficient (Wildman–Crippen LogP) is 2.32. The van der Waals surface area contributed by atoms with E-state index in [0.29, 0.717) is 5.92 Å². The minimum Gasteiger partial charge on any atom is -0.454 e. The van der Waals surface area contributed by atoms with Gasteiger partial charge in [0.25, 0.3) is 5.91 Å². The highest BCUT2D eigenvalue weighted by atomic mass is 16.5. The summed E-state index contributed by atoms with van der Waals surface area (Å²) >= 11 is 0. The molecule has 0 radical (unpaired) electrons. The Morgan fingerprint density at radius 1 is 1.03 bits per heavy atom. The van der Waals surface area contributed by atoms with E-state index in [4.69, 9.17) is 4.74 Å². The molecule has 0 heterocycles. The van der Waals surface area contributed by atoms with Crippen LogP contribution in [-0.4, -0.2) is 42.5 Å². The standard InChI is InChI=1S/C23H33N3O5/c1-15(2)21(25-19(27)13-17-10-5-4-6-11-17)22(29)31-14-20(28)26-23(30)24-18-12-8-7-9-16(18)3/h4-6,10-11,15-16,18,21H,7-9,12-14H2,1-3H3,(H,25,27)(H2,24,26,28,30)/t16-,18+,21+/m1/s1. The zero-order chi connectivity index (χ0) is 22.8. The molecule has 2 rings (SSSR count). The van der Waals surface area contributed by atoms with Gasteiger partial charge in [0.1, 0.15) is 6.04 Å². The number of carbonyl (C=O) groups is 4. The van der Waals surface area contributed by atoms with Gasteiger partial charge in [-0.2, -0.15) is 0 Å². The molecule has 1 aromatic carbocycles. The summed E-state index contributed by atoms with van der Waals surface area (Å²) in [6.45, 7) is 5.03. The third-order valence-corrected chi connectivity index (χ3v) is 5.47. The lowest BCUT2D eigenvalue weighted by Crippen LogP contribution is -2.49. The molecular weight excluding hydrogens is 398 g/mol. The number of hydrogen-bond acceptors (Lipinski definition) is 5. The maximum atomic E-state index is 12.4. The van der Waals surface area contributed by atoms with Crippen LogP contribution in [0.3, 0.4) is 0 Å². The lowest BCUT2D eigenvalue weighted by molar-refractivity contribution is -0.152. The third-order valence-electron chi connectivity index (χ3n) is 5.47. The molecule has 1 fully saturated rings. The molecule has 4 amide bonds. The van der Waals surface area contributed by atoms with Gasteiger partial charge in [-0.3, -0.25) is 14.9 Å². The first kappa shape index (κ1) is 24.4. The first-order chi connectivity index (χ1) is 14.8. The van der Waals surface area contributed by atoms with Gasteiger partial charge in [-0.1, -0.05) is 63.9 Å². The van der Waals surface area contributed by atoms with Crippen molar-refractivity contribution in [1.29, 1.82) is 0 Å². The summed E-state index contributed by atoms with van der Waals surface area (Å²) in [5, 5.41) is 7.66. The van der Waals surface area contributed by atoms with E-state index in [-0.39, 0.29) is 24.3 Å². The number of esters is 1. The highest BCUT2D eigenvalue weighted by Crippen LogP contribution is 2.23. The van der Waals surface area contributed by atoms with Crippen LogP contribution in [-0.2, 0) is 25.5 Å². The molecule has 8 nitrogen and oxygen atoms in total. The van der Waals surface area contributed by atoms with Gasteiger partial charge in [0, 0.05) is 6.04 Å². The van der Waals surface area contributed by atoms with Crippen molar-refractivity contribution in [1.82, 2.24) is 16.0 Å². The third kappa shape index (κ3) is 8.39. The van der Waals surface area contributed by atoms with Gasteiger partial charge in [0.05, 0.1) is 6.42 Å². The molecule has 3 atom stereocenters. The van der Waals surface area contributed by atoms with E-state index < -0.39 is 30.6 Å². The van der Waals surface area contributed by atoms with Crippen molar-refractivity contribution in [3.05, 3.63) is 35.9 Å². The quantitative estimate of drug-likeness (QED) is 0.547. The molecule has 1 aliphatic rings. The van der Waals surface area contributed by atoms with Crippen LogP contribution >= 0.6 is 0 Å². The van der Waals surface area contributed by atoms with Gasteiger partial charge >= 0.3 is 12.0 Å². The summed E-state index contributed by atoms with van der Waals surface area (Å²) in [6.07, 6.45) is 4.26. The Hall–Kier alpha value is -2.90. The molecule has 8 heteroatoms. The van der Waals surface area contributed by atoms with Crippen molar-refractivity contribution in [3.8, 4) is 0 Å². The maximum Gasteiger partial charge on any atom is 0.329 e. The van der Waals surface area contributed by atoms with E-state index in [1.807, 2.05) is 30.3 Å². The zero-order valence-electron chi connectivity index (χ0n) is 18.5. The van der Waals surface area contributed by atoms with Crippen LogP contribution < -0.4 is 16.0 Å². The fourth-order valence-corrected chi connectivity index (χ4v) is 3.63. The van der Waals surface area contributed by atoms with Crippen LogP contribution in [0.25, 0.3) is 0 Å². The van der Waals surface area contributed by atoms with E-state index in [1.165, 1.54) is 0 Å². The van der Waals surface area contributed by atoms with Crippen molar-refractivity contribution >= 4 is 23.8 Å². The normalized spacial score (nSPS) is 19.2. The van der Waals surface area contributed by atoms with Gasteiger partial charge in [-0.25, -0.2) is 9.59 Å². The number of urea groups is 1. The van der Waals surface area contributed by atoms with Crippen molar-refractivity contribution in [2.45, 2.75) is 65.0 Å². The van der Waals surface area contributed by atoms with Crippen LogP contribution in [0, 0.1) is 11.8 Å². The minimum atomic E-state index is -0.888. The second kappa shape index (κ2) is 12.1. The van der Waals surface area contributed by atoms with Crippen molar-refractivity contribution in [2.24, 2.45) is 11.8 Å². The maximum absolute atomic E-state index is 12.4. The number of ether oxygens (including phenoxy) is 1. The Morgan fingerprint density at radius 2 is 1.71 bits per heavy atom. The Morgan fingerprint density at radius 3 is 2.35 bits per heavy atom. The van der Waals surface area contributed by atoms with Crippen LogP contribution in [0.1, 0.15) is 52.0 Å². The molecule has 0 saturated heterocycles. The summed E-state index contributed by atoms with van der Waals surface area (Å²) in [5.41, 5.74) is 0.827. The smallest absolute Gasteiger partial charge is 0.329 e. The highest BCUT2D eigenvalue weighted by Gasteiger charge is 2.27. The van der Waals surface area contributed by atoms with Gasteiger partial charge in [0.2, 0.25) is 5.91 Å². The van der Waals surface area contributed by atoms with E-state index in [1.54, 1.807) is 13.8 Å². The first-order valence-corrected chi connectivity index (χ1v) is 10.9. The molecule has 0 aromatic heterocycles. The van der Waals surface area contributed by atoms with E-state index >= 15 is 0 Å². The summed E-state index contributed by atoms with van der Waals surface area (Å²) in [4.78, 5) is 48.7. The molecule has 1 saturated carbocycles. The van der Waals surface area contributed by atoms with E-state index in [9.17, 15) is 19.2 Å². The van der Waals surface area contributed by atoms with Gasteiger partial charge in [-0.05, 0) is 30.2 Å². The van der Waals surface area contributed by atoms with Crippen LogP contribution in [0.5, 0.6) is 0 Å². The molecule has 3 N–H and O–H groups in total. The summed E-state index contributed by atoms with van der Waals surface area (Å²) in [7, 11) is 0. The molecule has 0 aliphatic heterocycles. The number of carbonyl (C=O) groups excluding carboxylic acids is 4. The first-order valence-electron chi connectivity index (χ1n) is 10.9. The van der Waals surface area contributed by atoms with Crippen LogP contribution in [0.4, 0.5) is 4.79 Å². The second-order valence-electron chi connectivity index (χ2n) is 8.45. The van der Waals surface area contributed by atoms with Crippen molar-refractivity contribution in [2.75, 3.05) is 6.61 Å². The number of nitrogens with one attached hydrogen (secondary N) is 3. The fraction of sp³-hybridized carbons (Fsp3) is 0.565. The molecule has 170 valence electrons. The number of imide groups is 1. The summed E-state index contributed by atoms with van der Waals surface area (Å²) in [6, 6.07) is 7.74. The topological polar surface area (TPSA) is 114 Å². The SMILES string of the molecule is CC(C)[C@H](NC(=O)Cc1ccccc1)C(=O)OCC(=O)NC(=O)N[C@H]1CCCC[C@H]1C. The summed E-state index contributed by atoms with van der Waals surface area (Å²) < 4.78 is 5.04. The summed E-state index contributed by atoms with van der Waals surface area (Å²) in [5.74, 6) is -1.61. The highest BCUT2D eigenvalue weighted by molar-refractivity contribution is 5.96. The lowest BCUT2D eigenvalue weighted by atomic mass is 9.86. The van der Waals surface area contributed by atoms with Gasteiger partial charge in [0.15, 0.2) is 6.61 Å². The Balaban J connectivity index is 1.77. The Labute approximate surface area is 183 Å². The number of rotatable bonds is 8. The van der Waals surface area contributed by atoms with Gasteiger partial charge < -0.3 is 15.4 Å². The average Bonchev–Trinajstić information content (AvgIpc) is 2.72. The second-order valence-corrected chi connectivity index (χ2v) is 8.45. The number of benzene rings is 1. The lowest BCUT2D eigenvalue weighted by Gasteiger charge is -2.29. The number of hydrogen-bond donors (Lipinski definition) is 3. The monoisotopic (exact) mass is 431 g/mol. The number of amides is 4. The minimum absolute atomic E-state index is 0.0363. The largest absolute Gasteiger partial charge is 0.454 e. The molecule has 1 aliphatic carbocycles. The fourth-order valence-electron chi connectivity index (χ4n) is 3.63. The Bertz CT molecular complexity index is 766. The molecular formula is C23H33N3O5. The molecule has 0 unspecified atom stereocenters. The van der Waals surface area contributed by atoms with Crippen LogP contribution in [0.15, 0.2) is 30.3 Å². The van der Waals surface area contributed by atoms with E-state index in [0.717, 1.165) is 31.2 Å². The molecule has 0 spiro atoms. The van der Waals surface area contributed by atoms with Crippen molar-refractivity contribution < 1.29 is 23.9 Å². The molecule has 1 aromatic rings. The predicted molar refractivity (Wildman–Crippen MR) is 116 cm³/mol. The molecule has 31 heavy (non-hydrogen) atoms. The van der Waals surface area contributed by atoms with Crippen LogP contribution in [0.2, 0.25) is 0 Å². The van der Waals surface area contributed by atoms with Gasteiger partial charge in [-0.15, -0.1) is 0 Å². The van der Waals surface area contributed by atoms with E-state index in [2.05, 4.69) is 22.9 Å². The molecule has 0 bridgehead atoms.